The number of hydrogen-bond acceptors (Lipinski definition) is 3. The number of piperidine rings is 1. The number of rotatable bonds is 5. The van der Waals surface area contributed by atoms with Gasteiger partial charge in [0.1, 0.15) is 0 Å². The molecule has 2 rings (SSSR count). The Balaban J connectivity index is 2.09. The first-order valence-electron chi connectivity index (χ1n) is 6.87. The molecule has 16 heavy (non-hydrogen) atoms. The fourth-order valence-corrected chi connectivity index (χ4v) is 3.29. The Morgan fingerprint density at radius 2 is 2.19 bits per heavy atom. The Labute approximate surface area is 100.0 Å². The van der Waals surface area contributed by atoms with Crippen LogP contribution in [0.25, 0.3) is 0 Å². The molecule has 1 unspecified atom stereocenters. The van der Waals surface area contributed by atoms with E-state index in [1.165, 1.54) is 51.7 Å². The number of nitrogens with zero attached hydrogens (tertiary/aromatic N) is 2. The molecule has 2 fully saturated rings. The summed E-state index contributed by atoms with van der Waals surface area (Å²) in [5.74, 6) is 0. The SMILES string of the molecule is CCCN(C1CC1)C1(CN)CCCN(C)C1. The molecular formula is C13H27N3. The molecule has 0 bridgehead atoms. The average Bonchev–Trinajstić information content (AvgIpc) is 3.09. The summed E-state index contributed by atoms with van der Waals surface area (Å²) < 4.78 is 0. The second kappa shape index (κ2) is 5.03. The molecule has 1 aliphatic carbocycles. The summed E-state index contributed by atoms with van der Waals surface area (Å²) in [5.41, 5.74) is 6.41. The molecule has 1 aliphatic heterocycles. The number of hydrogen-bond donors (Lipinski definition) is 1. The zero-order valence-corrected chi connectivity index (χ0v) is 10.9. The van der Waals surface area contributed by atoms with Gasteiger partial charge in [0.15, 0.2) is 0 Å². The molecule has 1 atom stereocenters. The summed E-state index contributed by atoms with van der Waals surface area (Å²) >= 11 is 0. The average molecular weight is 225 g/mol. The van der Waals surface area contributed by atoms with E-state index in [2.05, 4.69) is 23.8 Å². The maximum atomic E-state index is 6.13. The topological polar surface area (TPSA) is 32.5 Å². The summed E-state index contributed by atoms with van der Waals surface area (Å²) in [6.07, 6.45) is 6.64. The van der Waals surface area contributed by atoms with Gasteiger partial charge in [-0.05, 0) is 52.2 Å². The number of likely N-dealkylation sites (N-methyl/N-ethyl adjacent to an activating group) is 1. The van der Waals surface area contributed by atoms with Crippen LogP contribution in [0, 0.1) is 0 Å². The summed E-state index contributed by atoms with van der Waals surface area (Å²) in [6, 6.07) is 0.843. The van der Waals surface area contributed by atoms with Crippen LogP contribution < -0.4 is 5.73 Å². The van der Waals surface area contributed by atoms with Gasteiger partial charge in [0.2, 0.25) is 0 Å². The predicted molar refractivity (Wildman–Crippen MR) is 68.5 cm³/mol. The number of nitrogens with two attached hydrogens (primary N) is 1. The van der Waals surface area contributed by atoms with Crippen molar-refractivity contribution in [2.24, 2.45) is 5.73 Å². The van der Waals surface area contributed by atoms with Crippen molar-refractivity contribution in [2.45, 2.75) is 50.6 Å². The highest BCUT2D eigenvalue weighted by atomic mass is 15.3. The van der Waals surface area contributed by atoms with Gasteiger partial charge in [0, 0.05) is 24.7 Å². The van der Waals surface area contributed by atoms with Crippen molar-refractivity contribution >= 4 is 0 Å². The minimum absolute atomic E-state index is 0.282. The maximum absolute atomic E-state index is 6.13. The third-order valence-corrected chi connectivity index (χ3v) is 4.19. The van der Waals surface area contributed by atoms with Gasteiger partial charge in [-0.3, -0.25) is 4.90 Å². The lowest BCUT2D eigenvalue weighted by Crippen LogP contribution is -2.62. The first-order valence-corrected chi connectivity index (χ1v) is 6.87. The van der Waals surface area contributed by atoms with Gasteiger partial charge in [-0.2, -0.15) is 0 Å². The van der Waals surface area contributed by atoms with Crippen molar-refractivity contribution in [2.75, 3.05) is 33.2 Å². The van der Waals surface area contributed by atoms with E-state index in [0.717, 1.165) is 12.6 Å². The monoisotopic (exact) mass is 225 g/mol. The lowest BCUT2D eigenvalue weighted by atomic mass is 9.86. The molecule has 1 heterocycles. The third kappa shape index (κ3) is 2.41. The van der Waals surface area contributed by atoms with E-state index in [0.29, 0.717) is 0 Å². The maximum Gasteiger partial charge on any atom is 0.0461 e. The van der Waals surface area contributed by atoms with Gasteiger partial charge >= 0.3 is 0 Å². The Morgan fingerprint density at radius 1 is 1.44 bits per heavy atom. The lowest BCUT2D eigenvalue weighted by molar-refractivity contribution is 0.0194. The van der Waals surface area contributed by atoms with Crippen LogP contribution in [0.5, 0.6) is 0 Å². The van der Waals surface area contributed by atoms with Gasteiger partial charge in [0.25, 0.3) is 0 Å². The van der Waals surface area contributed by atoms with Crippen LogP contribution >= 0.6 is 0 Å². The highest BCUT2D eigenvalue weighted by Gasteiger charge is 2.44. The van der Waals surface area contributed by atoms with E-state index in [4.69, 9.17) is 5.73 Å². The molecule has 0 aromatic heterocycles. The molecule has 0 radical (unpaired) electrons. The quantitative estimate of drug-likeness (QED) is 0.765. The fourth-order valence-electron chi connectivity index (χ4n) is 3.29. The van der Waals surface area contributed by atoms with Gasteiger partial charge in [-0.1, -0.05) is 6.92 Å². The molecule has 94 valence electrons. The second-order valence-electron chi connectivity index (χ2n) is 5.69. The van der Waals surface area contributed by atoms with E-state index in [1.807, 2.05) is 0 Å². The van der Waals surface area contributed by atoms with Crippen LogP contribution in [0.15, 0.2) is 0 Å². The van der Waals surface area contributed by atoms with Crippen LogP contribution in [0.1, 0.15) is 39.0 Å². The Kier molecular flexibility index (Phi) is 3.88. The largest absolute Gasteiger partial charge is 0.329 e. The van der Waals surface area contributed by atoms with E-state index < -0.39 is 0 Å². The molecule has 3 nitrogen and oxygen atoms in total. The van der Waals surface area contributed by atoms with Crippen LogP contribution in [-0.4, -0.2) is 54.6 Å². The highest BCUT2D eigenvalue weighted by molar-refractivity contribution is 5.02. The Morgan fingerprint density at radius 3 is 2.69 bits per heavy atom. The smallest absolute Gasteiger partial charge is 0.0461 e. The van der Waals surface area contributed by atoms with Gasteiger partial charge in [-0.25, -0.2) is 0 Å². The van der Waals surface area contributed by atoms with Crippen molar-refractivity contribution in [3.63, 3.8) is 0 Å². The fraction of sp³-hybridized carbons (Fsp3) is 1.00. The predicted octanol–water partition coefficient (Wildman–Crippen LogP) is 1.28. The summed E-state index contributed by atoms with van der Waals surface area (Å²) in [7, 11) is 2.24. The lowest BCUT2D eigenvalue weighted by Gasteiger charge is -2.49. The zero-order valence-electron chi connectivity index (χ0n) is 10.9. The summed E-state index contributed by atoms with van der Waals surface area (Å²) in [4.78, 5) is 5.20. The van der Waals surface area contributed by atoms with Crippen LogP contribution in [0.3, 0.4) is 0 Å². The molecule has 2 N–H and O–H groups in total. The standard InChI is InChI=1S/C13H27N3/c1-3-8-16(12-5-6-12)13(10-14)7-4-9-15(2)11-13/h12H,3-11,14H2,1-2H3. The first kappa shape index (κ1) is 12.3. The molecule has 1 saturated heterocycles. The van der Waals surface area contributed by atoms with E-state index in [1.54, 1.807) is 0 Å². The van der Waals surface area contributed by atoms with Crippen LogP contribution in [-0.2, 0) is 0 Å². The molecule has 2 aliphatic rings. The van der Waals surface area contributed by atoms with Crippen LogP contribution in [0.2, 0.25) is 0 Å². The first-order chi connectivity index (χ1) is 7.72. The van der Waals surface area contributed by atoms with Crippen molar-refractivity contribution in [1.29, 1.82) is 0 Å². The molecule has 0 aromatic rings. The second-order valence-corrected chi connectivity index (χ2v) is 5.69. The van der Waals surface area contributed by atoms with Gasteiger partial charge < -0.3 is 10.6 Å². The molecule has 0 amide bonds. The highest BCUT2D eigenvalue weighted by Crippen LogP contribution is 2.36. The van der Waals surface area contributed by atoms with Gasteiger partial charge in [-0.15, -0.1) is 0 Å². The molecule has 3 heteroatoms. The summed E-state index contributed by atoms with van der Waals surface area (Å²) in [6.45, 7) is 6.75. The molecule has 0 aromatic carbocycles. The van der Waals surface area contributed by atoms with E-state index in [-0.39, 0.29) is 5.54 Å². The minimum Gasteiger partial charge on any atom is -0.329 e. The third-order valence-electron chi connectivity index (χ3n) is 4.19. The Bertz CT molecular complexity index is 227. The van der Waals surface area contributed by atoms with Crippen molar-refractivity contribution < 1.29 is 0 Å². The van der Waals surface area contributed by atoms with Gasteiger partial charge in [0.05, 0.1) is 0 Å². The minimum atomic E-state index is 0.282. The molecule has 0 spiro atoms. The summed E-state index contributed by atoms with van der Waals surface area (Å²) in [5, 5.41) is 0. The number of likely N-dealkylation sites (tertiary alicyclic amines) is 1. The van der Waals surface area contributed by atoms with E-state index in [9.17, 15) is 0 Å². The van der Waals surface area contributed by atoms with Crippen LogP contribution in [0.4, 0.5) is 0 Å². The molecule has 1 saturated carbocycles. The molecular weight excluding hydrogens is 198 g/mol. The van der Waals surface area contributed by atoms with Crippen molar-refractivity contribution in [1.82, 2.24) is 9.80 Å². The van der Waals surface area contributed by atoms with Crippen molar-refractivity contribution in [3.05, 3.63) is 0 Å². The van der Waals surface area contributed by atoms with E-state index >= 15 is 0 Å². The normalized spacial score (nSPS) is 32.2. The Hall–Kier alpha value is -0.120. The van der Waals surface area contributed by atoms with Crippen molar-refractivity contribution in [3.8, 4) is 0 Å². The zero-order chi connectivity index (χ0) is 11.6.